The Morgan fingerprint density at radius 2 is 2.00 bits per heavy atom. The van der Waals surface area contributed by atoms with E-state index in [4.69, 9.17) is 28.9 Å². The molecule has 0 aliphatic heterocycles. The monoisotopic (exact) mass is 328 g/mol. The smallest absolute Gasteiger partial charge is 0.0931 e. The van der Waals surface area contributed by atoms with E-state index in [2.05, 4.69) is 24.1 Å². The van der Waals surface area contributed by atoms with Crippen molar-refractivity contribution in [2.75, 3.05) is 7.05 Å². The highest BCUT2D eigenvalue weighted by atomic mass is 35.5. The van der Waals surface area contributed by atoms with E-state index < -0.39 is 0 Å². The third-order valence-electron chi connectivity index (χ3n) is 3.18. The van der Waals surface area contributed by atoms with Crippen molar-refractivity contribution >= 4 is 34.5 Å². The zero-order chi connectivity index (χ0) is 14.7. The molecule has 20 heavy (non-hydrogen) atoms. The predicted molar refractivity (Wildman–Crippen MR) is 88.6 cm³/mol. The number of halogens is 2. The van der Waals surface area contributed by atoms with Crippen LogP contribution in [0.15, 0.2) is 36.4 Å². The van der Waals surface area contributed by atoms with E-state index in [0.717, 1.165) is 15.9 Å². The van der Waals surface area contributed by atoms with Crippen molar-refractivity contribution in [1.82, 2.24) is 4.90 Å². The van der Waals surface area contributed by atoms with Gasteiger partial charge >= 0.3 is 0 Å². The Morgan fingerprint density at radius 1 is 1.25 bits per heavy atom. The van der Waals surface area contributed by atoms with E-state index in [9.17, 15) is 0 Å². The summed E-state index contributed by atoms with van der Waals surface area (Å²) in [7, 11) is 2.07. The van der Waals surface area contributed by atoms with Crippen molar-refractivity contribution < 1.29 is 0 Å². The molecule has 0 spiro atoms. The number of hydrogen-bond acceptors (Lipinski definition) is 3. The maximum Gasteiger partial charge on any atom is 0.0931 e. The van der Waals surface area contributed by atoms with Gasteiger partial charge in [0.05, 0.1) is 10.4 Å². The first-order chi connectivity index (χ1) is 9.47. The highest BCUT2D eigenvalue weighted by Gasteiger charge is 2.23. The Kier molecular flexibility index (Phi) is 5.47. The first-order valence-electron chi connectivity index (χ1n) is 6.43. The van der Waals surface area contributed by atoms with Crippen LogP contribution in [0.4, 0.5) is 0 Å². The van der Waals surface area contributed by atoms with Gasteiger partial charge in [-0.05, 0) is 43.8 Å². The van der Waals surface area contributed by atoms with Crippen LogP contribution in [0, 0.1) is 0 Å². The van der Waals surface area contributed by atoms with Crippen molar-refractivity contribution in [3.8, 4) is 0 Å². The summed E-state index contributed by atoms with van der Waals surface area (Å²) in [6, 6.07) is 12.0. The van der Waals surface area contributed by atoms with Crippen LogP contribution in [0.1, 0.15) is 23.4 Å². The van der Waals surface area contributed by atoms with Crippen LogP contribution >= 0.6 is 34.5 Å². The molecule has 0 amide bonds. The lowest BCUT2D eigenvalue weighted by molar-refractivity contribution is 0.214. The van der Waals surface area contributed by atoms with E-state index in [1.807, 2.05) is 31.2 Å². The molecule has 2 atom stereocenters. The van der Waals surface area contributed by atoms with Gasteiger partial charge in [-0.25, -0.2) is 0 Å². The molecule has 0 saturated heterocycles. The van der Waals surface area contributed by atoms with E-state index >= 15 is 0 Å². The van der Waals surface area contributed by atoms with Gasteiger partial charge < -0.3 is 5.73 Å². The Morgan fingerprint density at radius 3 is 2.55 bits per heavy atom. The number of nitrogens with two attached hydrogens (primary N) is 1. The molecule has 0 aliphatic rings. The van der Waals surface area contributed by atoms with Crippen LogP contribution in [0.3, 0.4) is 0 Å². The number of benzene rings is 1. The third kappa shape index (κ3) is 3.96. The highest BCUT2D eigenvalue weighted by Crippen LogP contribution is 2.32. The van der Waals surface area contributed by atoms with Gasteiger partial charge in [0.1, 0.15) is 0 Å². The molecule has 2 N–H and O–H groups in total. The van der Waals surface area contributed by atoms with Crippen LogP contribution in [-0.4, -0.2) is 18.0 Å². The van der Waals surface area contributed by atoms with Gasteiger partial charge in [-0.2, -0.15) is 0 Å². The van der Waals surface area contributed by atoms with Gasteiger partial charge in [-0.3, -0.25) is 4.90 Å². The lowest BCUT2D eigenvalue weighted by Crippen LogP contribution is -2.36. The number of likely N-dealkylation sites (N-methyl/N-ethyl adjacent to an activating group) is 1. The maximum atomic E-state index is 6.16. The molecule has 0 fully saturated rings. The van der Waals surface area contributed by atoms with Crippen molar-refractivity contribution in [2.45, 2.75) is 25.6 Å². The first kappa shape index (κ1) is 15.8. The molecular formula is C15H18Cl2N2S. The first-order valence-corrected chi connectivity index (χ1v) is 8.00. The highest BCUT2D eigenvalue weighted by molar-refractivity contribution is 7.16. The third-order valence-corrected chi connectivity index (χ3v) is 4.72. The van der Waals surface area contributed by atoms with E-state index in [-0.39, 0.29) is 12.1 Å². The standard InChI is InChI=1S/C15H18Cl2N2S/c1-10(18)15(13-6-7-14(17)20-13)19(2)9-11-4-3-5-12(16)8-11/h3-8,10,15H,9,18H2,1-2H3. The quantitative estimate of drug-likeness (QED) is 0.870. The van der Waals surface area contributed by atoms with Gasteiger partial charge in [0, 0.05) is 22.5 Å². The van der Waals surface area contributed by atoms with Gasteiger partial charge in [0.2, 0.25) is 0 Å². The minimum atomic E-state index is 0.0221. The Labute approximate surface area is 134 Å². The zero-order valence-electron chi connectivity index (χ0n) is 11.5. The Bertz CT molecular complexity index is 569. The average molecular weight is 329 g/mol. The molecule has 2 aromatic rings. The minimum absolute atomic E-state index is 0.0221. The van der Waals surface area contributed by atoms with Gasteiger partial charge in [0.15, 0.2) is 0 Å². The van der Waals surface area contributed by atoms with Crippen LogP contribution in [0.2, 0.25) is 9.36 Å². The molecule has 1 aromatic heterocycles. The van der Waals surface area contributed by atoms with Crippen molar-refractivity contribution in [3.63, 3.8) is 0 Å². The Hall–Kier alpha value is -0.580. The normalized spacial score (nSPS) is 14.5. The summed E-state index contributed by atoms with van der Waals surface area (Å²) in [6.07, 6.45) is 0. The topological polar surface area (TPSA) is 29.3 Å². The summed E-state index contributed by atoms with van der Waals surface area (Å²) in [4.78, 5) is 3.42. The largest absolute Gasteiger partial charge is 0.326 e. The molecular weight excluding hydrogens is 311 g/mol. The second kappa shape index (κ2) is 6.92. The van der Waals surface area contributed by atoms with Crippen molar-refractivity contribution in [2.24, 2.45) is 5.73 Å². The lowest BCUT2D eigenvalue weighted by Gasteiger charge is -2.30. The molecule has 0 radical (unpaired) electrons. The van der Waals surface area contributed by atoms with Crippen LogP contribution in [0.25, 0.3) is 0 Å². The molecule has 5 heteroatoms. The molecule has 2 rings (SSSR count). The van der Waals surface area contributed by atoms with E-state index in [1.165, 1.54) is 10.4 Å². The van der Waals surface area contributed by atoms with Crippen molar-refractivity contribution in [1.29, 1.82) is 0 Å². The molecule has 108 valence electrons. The number of thiophene rings is 1. The van der Waals surface area contributed by atoms with E-state index in [1.54, 1.807) is 11.3 Å². The molecule has 0 saturated carbocycles. The molecule has 1 aromatic carbocycles. The molecule has 2 nitrogen and oxygen atoms in total. The second-order valence-corrected chi connectivity index (χ2v) is 7.17. The SMILES string of the molecule is CC(N)C(c1ccc(Cl)s1)N(C)Cc1cccc(Cl)c1. The second-order valence-electron chi connectivity index (χ2n) is 4.99. The van der Waals surface area contributed by atoms with Gasteiger partial charge in [-0.15, -0.1) is 11.3 Å². The number of rotatable bonds is 5. The van der Waals surface area contributed by atoms with Crippen LogP contribution in [0.5, 0.6) is 0 Å². The summed E-state index contributed by atoms with van der Waals surface area (Å²) in [5, 5.41) is 0.757. The summed E-state index contributed by atoms with van der Waals surface area (Å²) >= 11 is 13.7. The van der Waals surface area contributed by atoms with Gasteiger partial charge in [0.25, 0.3) is 0 Å². The Balaban J connectivity index is 2.17. The van der Waals surface area contributed by atoms with Crippen LogP contribution in [-0.2, 0) is 6.54 Å². The predicted octanol–water partition coefficient (Wildman–Crippen LogP) is 4.58. The summed E-state index contributed by atoms with van der Waals surface area (Å²) in [5.41, 5.74) is 7.33. The van der Waals surface area contributed by atoms with E-state index in [0.29, 0.717) is 0 Å². The maximum absolute atomic E-state index is 6.16. The molecule has 0 aliphatic carbocycles. The minimum Gasteiger partial charge on any atom is -0.326 e. The zero-order valence-corrected chi connectivity index (χ0v) is 13.8. The van der Waals surface area contributed by atoms with Crippen LogP contribution < -0.4 is 5.73 Å². The lowest BCUT2D eigenvalue weighted by atomic mass is 10.1. The fourth-order valence-electron chi connectivity index (χ4n) is 2.39. The molecule has 2 unspecified atom stereocenters. The molecule has 1 heterocycles. The fourth-order valence-corrected chi connectivity index (χ4v) is 3.94. The fraction of sp³-hybridized carbons (Fsp3) is 0.333. The molecule has 0 bridgehead atoms. The van der Waals surface area contributed by atoms with Crippen molar-refractivity contribution in [3.05, 3.63) is 56.2 Å². The van der Waals surface area contributed by atoms with Gasteiger partial charge in [-0.1, -0.05) is 35.3 Å². The summed E-state index contributed by atoms with van der Waals surface area (Å²) < 4.78 is 0.793. The number of hydrogen-bond donors (Lipinski definition) is 1. The average Bonchev–Trinajstić information content (AvgIpc) is 2.75. The summed E-state index contributed by atoms with van der Waals surface area (Å²) in [5.74, 6) is 0. The summed E-state index contributed by atoms with van der Waals surface area (Å²) in [6.45, 7) is 2.81. The number of nitrogens with zero attached hydrogens (tertiary/aromatic N) is 1.